The van der Waals surface area contributed by atoms with Gasteiger partial charge in [-0.05, 0) is 12.1 Å². The number of hydrogen-bond acceptors (Lipinski definition) is 0. The molecule has 60 valence electrons. The van der Waals surface area contributed by atoms with Gasteiger partial charge in [-0.3, -0.25) is 0 Å². The highest BCUT2D eigenvalue weighted by atomic mass is 127. The van der Waals surface area contributed by atoms with Crippen molar-refractivity contribution >= 4 is 43.1 Å². The molecule has 0 heterocycles. The summed E-state index contributed by atoms with van der Waals surface area (Å²) in [7, 11) is 2.81. The Labute approximate surface area is 81.8 Å². The molecule has 0 saturated heterocycles. The lowest BCUT2D eigenvalue weighted by atomic mass is 10.2. The molecule has 0 aromatic heterocycles. The highest BCUT2D eigenvalue weighted by Gasteiger charge is 1.88. The maximum Gasteiger partial charge on any atom is -0.0293 e. The molecule has 0 aromatic carbocycles. The number of unbranched alkanes of at least 4 members (excludes halogenated alkanes) is 1. The van der Waals surface area contributed by atoms with Crippen molar-refractivity contribution in [3.05, 3.63) is 0 Å². The molecule has 0 N–H and O–H groups in total. The minimum atomic E-state index is 0. The van der Waals surface area contributed by atoms with E-state index < -0.39 is 0 Å². The van der Waals surface area contributed by atoms with Crippen molar-refractivity contribution in [3.8, 4) is 0 Å². The number of halogens is 1. The minimum absolute atomic E-state index is 0. The summed E-state index contributed by atoms with van der Waals surface area (Å²) in [5, 5.41) is 0. The van der Waals surface area contributed by atoms with Crippen molar-refractivity contribution in [1.82, 2.24) is 0 Å². The van der Waals surface area contributed by atoms with Gasteiger partial charge in [-0.1, -0.05) is 26.7 Å². The summed E-state index contributed by atoms with van der Waals surface area (Å²) >= 11 is 0. The zero-order chi connectivity index (χ0) is 5.70. The fraction of sp³-hybridized carbons (Fsp3) is 1.00. The van der Waals surface area contributed by atoms with Gasteiger partial charge in [0.25, 0.3) is 0 Å². The van der Waals surface area contributed by atoms with Crippen LogP contribution in [0.5, 0.6) is 0 Å². The molecular formula is C6H19IP2. The van der Waals surface area contributed by atoms with Crippen molar-refractivity contribution in [1.29, 1.82) is 0 Å². The average Bonchev–Trinajstić information content (AvgIpc) is 1.61. The molecule has 0 aromatic rings. The zero-order valence-electron chi connectivity index (χ0n) is 6.39. The van der Waals surface area contributed by atoms with Crippen LogP contribution in [0.2, 0.25) is 0 Å². The lowest BCUT2D eigenvalue weighted by Crippen LogP contribution is -1.86. The first-order chi connectivity index (χ1) is 3.27. The van der Waals surface area contributed by atoms with Crippen LogP contribution >= 0.6 is 43.1 Å². The second-order valence-electron chi connectivity index (χ2n) is 2.12. The molecular weight excluding hydrogens is 261 g/mol. The molecule has 3 unspecified atom stereocenters. The maximum absolute atomic E-state index is 2.81. The van der Waals surface area contributed by atoms with Gasteiger partial charge in [0.05, 0.1) is 0 Å². The van der Waals surface area contributed by atoms with E-state index in [-0.39, 0.29) is 33.9 Å². The summed E-state index contributed by atoms with van der Waals surface area (Å²) < 4.78 is 0. The summed E-state index contributed by atoms with van der Waals surface area (Å²) in [6, 6.07) is 0. The topological polar surface area (TPSA) is 0 Å². The van der Waals surface area contributed by atoms with Crippen molar-refractivity contribution < 1.29 is 0 Å². The largest absolute Gasteiger partial charge is 0.153 e. The molecule has 0 spiro atoms. The van der Waals surface area contributed by atoms with E-state index in [1.807, 2.05) is 0 Å². The van der Waals surface area contributed by atoms with Gasteiger partial charge in [-0.25, -0.2) is 0 Å². The van der Waals surface area contributed by atoms with Crippen LogP contribution in [-0.4, -0.2) is 5.66 Å². The van der Waals surface area contributed by atoms with Crippen molar-refractivity contribution in [2.75, 3.05) is 0 Å². The maximum atomic E-state index is 2.81. The third kappa shape index (κ3) is 17.7. The van der Waals surface area contributed by atoms with E-state index in [4.69, 9.17) is 0 Å². The lowest BCUT2D eigenvalue weighted by molar-refractivity contribution is 0.713. The summed E-state index contributed by atoms with van der Waals surface area (Å²) in [6.45, 7) is 4.47. The van der Waals surface area contributed by atoms with Crippen LogP contribution in [0.3, 0.4) is 0 Å². The Kier molecular flexibility index (Phi) is 23.1. The van der Waals surface area contributed by atoms with E-state index in [1.165, 1.54) is 19.3 Å². The van der Waals surface area contributed by atoms with Gasteiger partial charge in [-0.2, -0.15) is 9.90 Å². The van der Waals surface area contributed by atoms with E-state index in [0.29, 0.717) is 0 Å². The van der Waals surface area contributed by atoms with E-state index >= 15 is 0 Å². The summed E-state index contributed by atoms with van der Waals surface area (Å²) in [6.07, 6.45) is 4.07. The van der Waals surface area contributed by atoms with Gasteiger partial charge in [-0.15, -0.1) is 33.2 Å². The Bertz CT molecular complexity index is 40.0. The first-order valence-corrected chi connectivity index (χ1v) is 3.69. The van der Waals surface area contributed by atoms with Crippen LogP contribution in [-0.2, 0) is 0 Å². The molecule has 0 rings (SSSR count). The molecule has 3 atom stereocenters. The first kappa shape index (κ1) is 16.9. The normalized spacial score (nSPS) is 11.0. The second kappa shape index (κ2) is 12.3. The molecule has 0 fully saturated rings. The standard InChI is InChI=1S/C6H15P.HI.H3P/c1-3-4-5-6(2)7;;/h6H,3-5,7H2,1-2H3;1H;1H3. The highest BCUT2D eigenvalue weighted by Crippen LogP contribution is 2.07. The predicted molar refractivity (Wildman–Crippen MR) is 65.2 cm³/mol. The summed E-state index contributed by atoms with van der Waals surface area (Å²) in [4.78, 5) is 0. The third-order valence-corrected chi connectivity index (χ3v) is 1.35. The zero-order valence-corrected chi connectivity index (χ0v) is 11.3. The molecule has 0 aliphatic carbocycles. The van der Waals surface area contributed by atoms with Crippen molar-refractivity contribution in [2.45, 2.75) is 38.8 Å². The van der Waals surface area contributed by atoms with E-state index in [1.54, 1.807) is 0 Å². The van der Waals surface area contributed by atoms with Gasteiger partial charge < -0.3 is 0 Å². The Hall–Kier alpha value is 1.59. The fourth-order valence-corrected chi connectivity index (χ4v) is 0.762. The quantitative estimate of drug-likeness (QED) is 0.550. The van der Waals surface area contributed by atoms with Crippen LogP contribution < -0.4 is 0 Å². The predicted octanol–water partition coefficient (Wildman–Crippen LogP) is 3.12. The minimum Gasteiger partial charge on any atom is -0.153 e. The van der Waals surface area contributed by atoms with Gasteiger partial charge in [0.2, 0.25) is 0 Å². The summed E-state index contributed by atoms with van der Waals surface area (Å²) in [5.74, 6) is 0. The number of hydrogen-bond donors (Lipinski definition) is 0. The SMILES string of the molecule is CCCCC(C)P.I.P. The molecule has 0 aliphatic heterocycles. The average molecular weight is 280 g/mol. The molecule has 0 saturated carbocycles. The van der Waals surface area contributed by atoms with Crippen molar-refractivity contribution in [2.24, 2.45) is 0 Å². The Balaban J connectivity index is -0.000000180. The van der Waals surface area contributed by atoms with Gasteiger partial charge >= 0.3 is 0 Å². The third-order valence-electron chi connectivity index (χ3n) is 1.01. The molecule has 0 amide bonds. The van der Waals surface area contributed by atoms with Crippen LogP contribution in [0, 0.1) is 0 Å². The van der Waals surface area contributed by atoms with Crippen molar-refractivity contribution in [3.63, 3.8) is 0 Å². The Morgan fingerprint density at radius 2 is 1.89 bits per heavy atom. The Morgan fingerprint density at radius 3 is 2.00 bits per heavy atom. The molecule has 3 heteroatoms. The van der Waals surface area contributed by atoms with Gasteiger partial charge in [0, 0.05) is 0 Å². The van der Waals surface area contributed by atoms with Gasteiger partial charge in [0.15, 0.2) is 0 Å². The highest BCUT2D eigenvalue weighted by molar-refractivity contribution is 14.0. The van der Waals surface area contributed by atoms with E-state index in [9.17, 15) is 0 Å². The van der Waals surface area contributed by atoms with E-state index in [2.05, 4.69) is 23.1 Å². The smallest absolute Gasteiger partial charge is 0.0293 e. The van der Waals surface area contributed by atoms with E-state index in [0.717, 1.165) is 5.66 Å². The van der Waals surface area contributed by atoms with Crippen LogP contribution in [0.4, 0.5) is 0 Å². The first-order valence-electron chi connectivity index (χ1n) is 3.03. The fourth-order valence-electron chi connectivity index (χ4n) is 0.526. The summed E-state index contributed by atoms with van der Waals surface area (Å²) in [5.41, 5.74) is 0.819. The molecule has 0 radical (unpaired) electrons. The monoisotopic (exact) mass is 280 g/mol. The van der Waals surface area contributed by atoms with Crippen LogP contribution in [0.15, 0.2) is 0 Å². The lowest BCUT2D eigenvalue weighted by Gasteiger charge is -1.98. The number of rotatable bonds is 3. The molecule has 0 nitrogen and oxygen atoms in total. The van der Waals surface area contributed by atoms with Gasteiger partial charge in [0.1, 0.15) is 0 Å². The Morgan fingerprint density at radius 1 is 1.44 bits per heavy atom. The second-order valence-corrected chi connectivity index (χ2v) is 3.26. The molecule has 0 bridgehead atoms. The molecule has 9 heavy (non-hydrogen) atoms. The van der Waals surface area contributed by atoms with Crippen LogP contribution in [0.25, 0.3) is 0 Å². The molecule has 0 aliphatic rings. The van der Waals surface area contributed by atoms with Crippen LogP contribution in [0.1, 0.15) is 33.1 Å².